The second-order valence-corrected chi connectivity index (χ2v) is 7.18. The van der Waals surface area contributed by atoms with Crippen LogP contribution in [0.25, 0.3) is 10.9 Å². The molecule has 0 bridgehead atoms. The summed E-state index contributed by atoms with van der Waals surface area (Å²) >= 11 is 0. The number of aromatic nitrogens is 1. The van der Waals surface area contributed by atoms with Gasteiger partial charge in [0.05, 0.1) is 10.8 Å². The van der Waals surface area contributed by atoms with Gasteiger partial charge in [0.1, 0.15) is 0 Å². The third-order valence-corrected chi connectivity index (χ3v) is 4.93. The molecule has 0 aliphatic carbocycles. The molecule has 1 N–H and O–H groups in total. The van der Waals surface area contributed by atoms with Crippen molar-refractivity contribution in [3.8, 4) is 0 Å². The number of hydrogen-bond acceptors (Lipinski definition) is 3. The lowest BCUT2D eigenvalue weighted by Crippen LogP contribution is -2.30. The molecule has 0 atom stereocenters. The summed E-state index contributed by atoms with van der Waals surface area (Å²) < 4.78 is 26.2. The van der Waals surface area contributed by atoms with Crippen LogP contribution in [-0.2, 0) is 16.6 Å². The summed E-state index contributed by atoms with van der Waals surface area (Å²) in [5, 5.41) is 0.566. The summed E-state index contributed by atoms with van der Waals surface area (Å²) in [6, 6.07) is 7.74. The normalized spacial score (nSPS) is 12.2. The first-order valence-electron chi connectivity index (χ1n) is 6.23. The van der Waals surface area contributed by atoms with Gasteiger partial charge in [0, 0.05) is 18.1 Å². The van der Waals surface area contributed by atoms with Gasteiger partial charge in [-0.2, -0.15) is 0 Å². The van der Waals surface area contributed by atoms with Gasteiger partial charge in [0.2, 0.25) is 10.0 Å². The van der Waals surface area contributed by atoms with Crippen molar-refractivity contribution < 1.29 is 8.42 Å². The lowest BCUT2D eigenvalue weighted by Gasteiger charge is -2.12. The summed E-state index contributed by atoms with van der Waals surface area (Å²) in [6.45, 7) is 5.62. The molecular weight excluding hydrogens is 260 g/mol. The van der Waals surface area contributed by atoms with Gasteiger partial charge in [-0.3, -0.25) is 4.98 Å². The van der Waals surface area contributed by atoms with Crippen LogP contribution >= 0.6 is 0 Å². The number of rotatable bonds is 4. The Kier molecular flexibility index (Phi) is 3.87. The first-order valence-corrected chi connectivity index (χ1v) is 7.78. The second kappa shape index (κ2) is 5.27. The lowest BCUT2D eigenvalue weighted by atomic mass is 10.1. The molecule has 0 unspecified atom stereocenters. The molecule has 0 saturated carbocycles. The fourth-order valence-corrected chi connectivity index (χ4v) is 2.56. The van der Waals surface area contributed by atoms with Crippen molar-refractivity contribution in [2.45, 2.75) is 32.6 Å². The van der Waals surface area contributed by atoms with Crippen molar-refractivity contribution in [1.82, 2.24) is 9.71 Å². The number of nitrogens with one attached hydrogen (secondary N) is 1. The third kappa shape index (κ3) is 2.93. The molecule has 0 saturated heterocycles. The van der Waals surface area contributed by atoms with E-state index in [0.717, 1.165) is 22.0 Å². The summed E-state index contributed by atoms with van der Waals surface area (Å²) in [7, 11) is -3.25. The molecule has 0 aliphatic rings. The highest BCUT2D eigenvalue weighted by atomic mass is 32.2. The highest BCUT2D eigenvalue weighted by molar-refractivity contribution is 7.90. The molecule has 1 aromatic heterocycles. The summed E-state index contributed by atoms with van der Waals surface area (Å²) in [5.41, 5.74) is 2.95. The molecule has 0 fully saturated rings. The molecule has 1 aromatic carbocycles. The highest BCUT2D eigenvalue weighted by Gasteiger charge is 2.15. The van der Waals surface area contributed by atoms with Crippen LogP contribution in [0.2, 0.25) is 0 Å². The van der Waals surface area contributed by atoms with Crippen molar-refractivity contribution >= 4 is 20.9 Å². The van der Waals surface area contributed by atoms with E-state index in [1.165, 1.54) is 0 Å². The molecule has 19 heavy (non-hydrogen) atoms. The summed E-state index contributed by atoms with van der Waals surface area (Å²) in [5.74, 6) is 0. The smallest absolute Gasteiger partial charge is 0.214 e. The largest absolute Gasteiger partial charge is 0.256 e. The topological polar surface area (TPSA) is 59.1 Å². The summed E-state index contributed by atoms with van der Waals surface area (Å²) in [6.07, 6.45) is 1.75. The van der Waals surface area contributed by atoms with Crippen molar-refractivity contribution in [3.63, 3.8) is 0 Å². The quantitative estimate of drug-likeness (QED) is 0.934. The van der Waals surface area contributed by atoms with Gasteiger partial charge in [-0.15, -0.1) is 0 Å². The molecule has 5 heteroatoms. The Hall–Kier alpha value is -1.46. The van der Waals surface area contributed by atoms with Gasteiger partial charge < -0.3 is 0 Å². The van der Waals surface area contributed by atoms with E-state index < -0.39 is 15.3 Å². The van der Waals surface area contributed by atoms with E-state index in [-0.39, 0.29) is 0 Å². The minimum atomic E-state index is -3.25. The van der Waals surface area contributed by atoms with Gasteiger partial charge in [0.15, 0.2) is 0 Å². The van der Waals surface area contributed by atoms with Crippen LogP contribution in [0.3, 0.4) is 0 Å². The number of hydrogen-bond donors (Lipinski definition) is 1. The maximum Gasteiger partial charge on any atom is 0.214 e. The number of fused-ring (bicyclic) bond motifs is 1. The molecule has 0 radical (unpaired) electrons. The number of pyridine rings is 1. The molecule has 0 amide bonds. The third-order valence-electron chi connectivity index (χ3n) is 3.15. The monoisotopic (exact) mass is 278 g/mol. The van der Waals surface area contributed by atoms with E-state index in [4.69, 9.17) is 0 Å². The van der Waals surface area contributed by atoms with Crippen LogP contribution in [0.4, 0.5) is 0 Å². The predicted molar refractivity (Wildman–Crippen MR) is 77.4 cm³/mol. The van der Waals surface area contributed by atoms with Crippen molar-refractivity contribution in [2.75, 3.05) is 0 Å². The first kappa shape index (κ1) is 14.0. The fourth-order valence-electron chi connectivity index (χ4n) is 1.87. The van der Waals surface area contributed by atoms with Crippen molar-refractivity contribution in [2.24, 2.45) is 0 Å². The molecule has 102 valence electrons. The minimum Gasteiger partial charge on any atom is -0.256 e. The molecule has 2 rings (SSSR count). The second-order valence-electron chi connectivity index (χ2n) is 4.86. The van der Waals surface area contributed by atoms with E-state index in [1.54, 1.807) is 20.0 Å². The Labute approximate surface area is 113 Å². The van der Waals surface area contributed by atoms with Gasteiger partial charge in [-0.05, 0) is 38.0 Å². The molecule has 4 nitrogen and oxygen atoms in total. The molecular formula is C14H18N2O2S. The van der Waals surface area contributed by atoms with Crippen LogP contribution in [0.5, 0.6) is 0 Å². The maximum atomic E-state index is 11.8. The van der Waals surface area contributed by atoms with Crippen LogP contribution < -0.4 is 4.72 Å². The van der Waals surface area contributed by atoms with E-state index in [9.17, 15) is 8.42 Å². The van der Waals surface area contributed by atoms with Gasteiger partial charge in [-0.25, -0.2) is 13.1 Å². The Balaban J connectivity index is 2.35. The van der Waals surface area contributed by atoms with Crippen molar-refractivity contribution in [3.05, 3.63) is 41.6 Å². The Morgan fingerprint density at radius 3 is 2.68 bits per heavy atom. The number of sulfonamides is 1. The van der Waals surface area contributed by atoms with Crippen molar-refractivity contribution in [1.29, 1.82) is 0 Å². The zero-order valence-electron chi connectivity index (χ0n) is 11.3. The van der Waals surface area contributed by atoms with Gasteiger partial charge >= 0.3 is 0 Å². The van der Waals surface area contributed by atoms with Crippen LogP contribution in [0.1, 0.15) is 25.0 Å². The van der Waals surface area contributed by atoms with Crippen LogP contribution in [0, 0.1) is 6.92 Å². The van der Waals surface area contributed by atoms with E-state index in [2.05, 4.69) is 9.71 Å². The molecule has 1 heterocycles. The van der Waals surface area contributed by atoms with E-state index in [0.29, 0.717) is 6.54 Å². The van der Waals surface area contributed by atoms with Crippen LogP contribution in [-0.4, -0.2) is 18.7 Å². The SMILES string of the molecule is Cc1ccc(CNS(=O)(=O)C(C)C)c2cccnc12. The number of benzene rings is 1. The average molecular weight is 278 g/mol. The zero-order valence-corrected chi connectivity index (χ0v) is 12.2. The average Bonchev–Trinajstić information content (AvgIpc) is 2.38. The van der Waals surface area contributed by atoms with E-state index >= 15 is 0 Å². The summed E-state index contributed by atoms with van der Waals surface area (Å²) in [4.78, 5) is 4.34. The highest BCUT2D eigenvalue weighted by Crippen LogP contribution is 2.20. The maximum absolute atomic E-state index is 11.8. The first-order chi connectivity index (χ1) is 8.92. The minimum absolute atomic E-state index is 0.295. The Morgan fingerprint density at radius 1 is 1.26 bits per heavy atom. The molecule has 2 aromatic rings. The predicted octanol–water partition coefficient (Wildman–Crippen LogP) is 2.37. The Morgan fingerprint density at radius 2 is 2.00 bits per heavy atom. The molecule has 0 aliphatic heterocycles. The Bertz CT molecular complexity index is 694. The standard InChI is InChI=1S/C14H18N2O2S/c1-10(2)19(17,18)16-9-12-7-6-11(3)14-13(12)5-4-8-15-14/h4-8,10,16H,9H2,1-3H3. The van der Waals surface area contributed by atoms with Gasteiger partial charge in [0.25, 0.3) is 0 Å². The zero-order chi connectivity index (χ0) is 14.0. The van der Waals surface area contributed by atoms with Crippen LogP contribution in [0.15, 0.2) is 30.5 Å². The van der Waals surface area contributed by atoms with Gasteiger partial charge in [-0.1, -0.05) is 18.2 Å². The number of aryl methyl sites for hydroxylation is 1. The van der Waals surface area contributed by atoms with E-state index in [1.807, 2.05) is 31.2 Å². The fraction of sp³-hybridized carbons (Fsp3) is 0.357. The molecule has 0 spiro atoms. The lowest BCUT2D eigenvalue weighted by molar-refractivity contribution is 0.572. The number of nitrogens with zero attached hydrogens (tertiary/aromatic N) is 1.